The van der Waals surface area contributed by atoms with Crippen LogP contribution in [0, 0.1) is 0 Å². The fourth-order valence-electron chi connectivity index (χ4n) is 1.36. The standard InChI is InChI=1S/C11H21N3O/c1-11(2,15)9-12-5-3-4-7-14-8-6-13-10-14/h6,8,10,12,15H,3-5,7,9H2,1-2H3. The smallest absolute Gasteiger partial charge is 0.0945 e. The first-order valence-electron chi connectivity index (χ1n) is 5.47. The third-order valence-corrected chi connectivity index (χ3v) is 2.14. The third-order valence-electron chi connectivity index (χ3n) is 2.14. The van der Waals surface area contributed by atoms with Gasteiger partial charge in [-0.05, 0) is 33.2 Å². The molecule has 1 aromatic rings. The Kier molecular flexibility index (Phi) is 4.78. The molecule has 0 atom stereocenters. The molecule has 0 saturated heterocycles. The molecule has 4 nitrogen and oxygen atoms in total. The maximum absolute atomic E-state index is 9.45. The van der Waals surface area contributed by atoms with Gasteiger partial charge in [-0.2, -0.15) is 0 Å². The minimum Gasteiger partial charge on any atom is -0.389 e. The Bertz CT molecular complexity index is 251. The quantitative estimate of drug-likeness (QED) is 0.662. The van der Waals surface area contributed by atoms with Gasteiger partial charge in [-0.3, -0.25) is 0 Å². The van der Waals surface area contributed by atoms with Gasteiger partial charge in [0.2, 0.25) is 0 Å². The van der Waals surface area contributed by atoms with E-state index in [2.05, 4.69) is 14.9 Å². The van der Waals surface area contributed by atoms with Crippen LogP contribution in [0.3, 0.4) is 0 Å². The van der Waals surface area contributed by atoms with E-state index in [0.717, 1.165) is 25.9 Å². The monoisotopic (exact) mass is 211 g/mol. The molecule has 0 spiro atoms. The number of hydrogen-bond acceptors (Lipinski definition) is 3. The summed E-state index contributed by atoms with van der Waals surface area (Å²) in [5.41, 5.74) is -0.607. The van der Waals surface area contributed by atoms with Crippen LogP contribution in [-0.4, -0.2) is 33.3 Å². The van der Waals surface area contributed by atoms with Gasteiger partial charge in [0.05, 0.1) is 11.9 Å². The van der Waals surface area contributed by atoms with E-state index in [1.165, 1.54) is 0 Å². The zero-order valence-electron chi connectivity index (χ0n) is 9.61. The van der Waals surface area contributed by atoms with Crippen LogP contribution in [0.15, 0.2) is 18.7 Å². The van der Waals surface area contributed by atoms with Crippen molar-refractivity contribution in [3.8, 4) is 0 Å². The predicted octanol–water partition coefficient (Wildman–Crippen LogP) is 1.02. The van der Waals surface area contributed by atoms with Gasteiger partial charge in [-0.1, -0.05) is 0 Å². The van der Waals surface area contributed by atoms with Gasteiger partial charge in [-0.25, -0.2) is 4.98 Å². The van der Waals surface area contributed by atoms with Crippen LogP contribution in [-0.2, 0) is 6.54 Å². The van der Waals surface area contributed by atoms with Crippen molar-refractivity contribution in [2.75, 3.05) is 13.1 Å². The van der Waals surface area contributed by atoms with Crippen LogP contribution in [0.1, 0.15) is 26.7 Å². The van der Waals surface area contributed by atoms with Crippen LogP contribution >= 0.6 is 0 Å². The lowest BCUT2D eigenvalue weighted by Crippen LogP contribution is -2.35. The van der Waals surface area contributed by atoms with Crippen LogP contribution < -0.4 is 5.32 Å². The molecule has 0 aromatic carbocycles. The average molecular weight is 211 g/mol. The highest BCUT2D eigenvalue weighted by Crippen LogP contribution is 1.98. The molecule has 0 saturated carbocycles. The van der Waals surface area contributed by atoms with E-state index in [4.69, 9.17) is 0 Å². The molecular formula is C11H21N3O. The minimum atomic E-state index is -0.607. The zero-order chi connectivity index (χ0) is 11.1. The minimum absolute atomic E-state index is 0.607. The molecular weight excluding hydrogens is 190 g/mol. The van der Waals surface area contributed by atoms with Crippen molar-refractivity contribution in [3.63, 3.8) is 0 Å². The topological polar surface area (TPSA) is 50.1 Å². The summed E-state index contributed by atoms with van der Waals surface area (Å²) in [4.78, 5) is 3.98. The van der Waals surface area contributed by atoms with Crippen molar-refractivity contribution in [2.45, 2.75) is 38.8 Å². The number of aromatic nitrogens is 2. The van der Waals surface area contributed by atoms with E-state index in [-0.39, 0.29) is 0 Å². The fraction of sp³-hybridized carbons (Fsp3) is 0.727. The fourth-order valence-corrected chi connectivity index (χ4v) is 1.36. The summed E-state index contributed by atoms with van der Waals surface area (Å²) in [5.74, 6) is 0. The summed E-state index contributed by atoms with van der Waals surface area (Å²) < 4.78 is 2.08. The number of imidazole rings is 1. The highest BCUT2D eigenvalue weighted by molar-refractivity contribution is 4.73. The third kappa shape index (κ3) is 6.25. The van der Waals surface area contributed by atoms with Crippen LogP contribution in [0.5, 0.6) is 0 Å². The SMILES string of the molecule is CC(C)(O)CNCCCCn1ccnc1. The Balaban J connectivity index is 1.94. The number of aliphatic hydroxyl groups is 1. The molecule has 15 heavy (non-hydrogen) atoms. The van der Waals surface area contributed by atoms with Crippen LogP contribution in [0.4, 0.5) is 0 Å². The van der Waals surface area contributed by atoms with Gasteiger partial charge in [0.15, 0.2) is 0 Å². The molecule has 1 aromatic heterocycles. The maximum Gasteiger partial charge on any atom is 0.0945 e. The van der Waals surface area contributed by atoms with E-state index >= 15 is 0 Å². The van der Waals surface area contributed by atoms with Crippen molar-refractivity contribution in [1.82, 2.24) is 14.9 Å². The molecule has 86 valence electrons. The summed E-state index contributed by atoms with van der Waals surface area (Å²) >= 11 is 0. The highest BCUT2D eigenvalue weighted by atomic mass is 16.3. The number of nitrogens with zero attached hydrogens (tertiary/aromatic N) is 2. The second-order valence-corrected chi connectivity index (χ2v) is 4.50. The number of hydrogen-bond donors (Lipinski definition) is 2. The summed E-state index contributed by atoms with van der Waals surface area (Å²) in [6.45, 7) is 6.25. The number of nitrogens with one attached hydrogen (secondary N) is 1. The molecule has 0 amide bonds. The lowest BCUT2D eigenvalue weighted by atomic mass is 10.1. The molecule has 0 unspecified atom stereocenters. The van der Waals surface area contributed by atoms with Gasteiger partial charge in [0.1, 0.15) is 0 Å². The normalized spacial score (nSPS) is 11.9. The Hall–Kier alpha value is -0.870. The Morgan fingerprint density at radius 3 is 2.80 bits per heavy atom. The largest absolute Gasteiger partial charge is 0.389 e. The summed E-state index contributed by atoms with van der Waals surface area (Å²) in [6.07, 6.45) is 7.87. The van der Waals surface area contributed by atoms with Crippen molar-refractivity contribution in [1.29, 1.82) is 0 Å². The van der Waals surface area contributed by atoms with Gasteiger partial charge in [0.25, 0.3) is 0 Å². The van der Waals surface area contributed by atoms with Gasteiger partial charge in [0, 0.05) is 25.5 Å². The predicted molar refractivity (Wildman–Crippen MR) is 60.6 cm³/mol. The van der Waals surface area contributed by atoms with Crippen molar-refractivity contribution >= 4 is 0 Å². The molecule has 0 radical (unpaired) electrons. The van der Waals surface area contributed by atoms with E-state index in [0.29, 0.717) is 6.54 Å². The van der Waals surface area contributed by atoms with Crippen molar-refractivity contribution < 1.29 is 5.11 Å². The Labute approximate surface area is 91.3 Å². The first-order valence-corrected chi connectivity index (χ1v) is 5.47. The summed E-state index contributed by atoms with van der Waals surface area (Å²) in [5, 5.41) is 12.7. The molecule has 0 aliphatic carbocycles. The van der Waals surface area contributed by atoms with Gasteiger partial charge in [-0.15, -0.1) is 0 Å². The molecule has 1 heterocycles. The molecule has 0 aliphatic rings. The van der Waals surface area contributed by atoms with Crippen molar-refractivity contribution in [2.24, 2.45) is 0 Å². The highest BCUT2D eigenvalue weighted by Gasteiger charge is 2.10. The molecule has 4 heteroatoms. The summed E-state index contributed by atoms with van der Waals surface area (Å²) in [7, 11) is 0. The molecule has 0 aliphatic heterocycles. The lowest BCUT2D eigenvalue weighted by Gasteiger charge is -2.17. The van der Waals surface area contributed by atoms with Gasteiger partial charge < -0.3 is 15.0 Å². The maximum atomic E-state index is 9.45. The Morgan fingerprint density at radius 1 is 1.40 bits per heavy atom. The van der Waals surface area contributed by atoms with Crippen LogP contribution in [0.2, 0.25) is 0 Å². The number of aryl methyl sites for hydroxylation is 1. The summed E-state index contributed by atoms with van der Waals surface area (Å²) in [6, 6.07) is 0. The first kappa shape index (κ1) is 12.2. The molecule has 0 fully saturated rings. The molecule has 1 rings (SSSR count). The zero-order valence-corrected chi connectivity index (χ0v) is 9.61. The van der Waals surface area contributed by atoms with Crippen molar-refractivity contribution in [3.05, 3.63) is 18.7 Å². The average Bonchev–Trinajstić information content (AvgIpc) is 2.61. The molecule has 0 bridgehead atoms. The van der Waals surface area contributed by atoms with E-state index in [1.54, 1.807) is 6.20 Å². The second-order valence-electron chi connectivity index (χ2n) is 4.50. The van der Waals surface area contributed by atoms with E-state index < -0.39 is 5.60 Å². The van der Waals surface area contributed by atoms with Crippen LogP contribution in [0.25, 0.3) is 0 Å². The van der Waals surface area contributed by atoms with Gasteiger partial charge >= 0.3 is 0 Å². The second kappa shape index (κ2) is 5.88. The number of rotatable bonds is 7. The molecule has 2 N–H and O–H groups in total. The Morgan fingerprint density at radius 2 is 2.20 bits per heavy atom. The van der Waals surface area contributed by atoms with E-state index in [9.17, 15) is 5.11 Å². The first-order chi connectivity index (χ1) is 7.08. The lowest BCUT2D eigenvalue weighted by molar-refractivity contribution is 0.0799. The number of unbranched alkanes of at least 4 members (excludes halogenated alkanes) is 1. The van der Waals surface area contributed by atoms with E-state index in [1.807, 2.05) is 26.4 Å².